The Bertz CT molecular complexity index is 657. The molecule has 1 aliphatic rings. The zero-order valence-corrected chi connectivity index (χ0v) is 12.9. The molecule has 3 rings (SSSR count). The van der Waals surface area contributed by atoms with E-state index in [1.54, 1.807) is 12.1 Å². The minimum Gasteiger partial charge on any atom is -0.356 e. The molecule has 0 spiro atoms. The third kappa shape index (κ3) is 2.92. The topological polar surface area (TPSA) is 29.1 Å². The van der Waals surface area contributed by atoms with Crippen molar-refractivity contribution in [1.29, 1.82) is 0 Å². The fourth-order valence-electron chi connectivity index (χ4n) is 2.98. The van der Waals surface area contributed by atoms with Gasteiger partial charge in [-0.15, -0.1) is 0 Å². The van der Waals surface area contributed by atoms with Crippen LogP contribution in [0, 0.1) is 0 Å². The highest BCUT2D eigenvalue weighted by Gasteiger charge is 2.35. The van der Waals surface area contributed by atoms with Gasteiger partial charge in [0.15, 0.2) is 0 Å². The third-order valence-electron chi connectivity index (χ3n) is 3.96. The summed E-state index contributed by atoms with van der Waals surface area (Å²) in [6.07, 6.45) is 0.902. The molecule has 0 unspecified atom stereocenters. The molecule has 0 aromatic heterocycles. The zero-order chi connectivity index (χ0) is 14.8. The Balaban J connectivity index is 2.04. The minimum absolute atomic E-state index is 0.0272. The average molecular weight is 320 g/mol. The number of benzene rings is 2. The van der Waals surface area contributed by atoms with Gasteiger partial charge in [0.1, 0.15) is 0 Å². The van der Waals surface area contributed by atoms with Gasteiger partial charge in [-0.1, -0.05) is 59.6 Å². The molecule has 0 aliphatic carbocycles. The Labute approximate surface area is 134 Å². The maximum Gasteiger partial charge on any atom is 0.228 e. The number of hydrogen-bond donors (Lipinski definition) is 1. The lowest BCUT2D eigenvalue weighted by Crippen LogP contribution is -2.39. The SMILES string of the molecule is O=C1NCC[C@H](c2ccccc2)[C@H]1c1ccc(Cl)cc1Cl. The molecule has 1 heterocycles. The van der Waals surface area contributed by atoms with Crippen molar-refractivity contribution in [3.05, 3.63) is 69.7 Å². The minimum atomic E-state index is -0.272. The van der Waals surface area contributed by atoms with Crippen LogP contribution in [-0.2, 0) is 4.79 Å². The first-order valence-electron chi connectivity index (χ1n) is 6.94. The smallest absolute Gasteiger partial charge is 0.228 e. The molecule has 1 saturated heterocycles. The van der Waals surface area contributed by atoms with E-state index in [-0.39, 0.29) is 17.7 Å². The van der Waals surface area contributed by atoms with Crippen molar-refractivity contribution >= 4 is 29.1 Å². The molecular formula is C17H15Cl2NO. The summed E-state index contributed by atoms with van der Waals surface area (Å²) in [6, 6.07) is 15.5. The summed E-state index contributed by atoms with van der Waals surface area (Å²) in [5, 5.41) is 4.07. The molecule has 1 fully saturated rings. The molecule has 2 aromatic carbocycles. The number of hydrogen-bond acceptors (Lipinski definition) is 1. The lowest BCUT2D eigenvalue weighted by atomic mass is 9.77. The highest BCUT2D eigenvalue weighted by atomic mass is 35.5. The van der Waals surface area contributed by atoms with E-state index in [1.807, 2.05) is 24.3 Å². The van der Waals surface area contributed by atoms with Crippen molar-refractivity contribution in [2.45, 2.75) is 18.3 Å². The van der Waals surface area contributed by atoms with Crippen molar-refractivity contribution < 1.29 is 4.79 Å². The molecule has 2 atom stereocenters. The second kappa shape index (κ2) is 6.08. The van der Waals surface area contributed by atoms with Gasteiger partial charge in [0, 0.05) is 22.5 Å². The van der Waals surface area contributed by atoms with Crippen LogP contribution in [0.2, 0.25) is 10.0 Å². The highest BCUT2D eigenvalue weighted by molar-refractivity contribution is 6.35. The van der Waals surface area contributed by atoms with Crippen molar-refractivity contribution in [2.75, 3.05) is 6.54 Å². The van der Waals surface area contributed by atoms with Crippen LogP contribution in [0.3, 0.4) is 0 Å². The second-order valence-corrected chi connectivity index (χ2v) is 6.08. The maximum atomic E-state index is 12.4. The van der Waals surface area contributed by atoms with Gasteiger partial charge >= 0.3 is 0 Å². The number of piperidine rings is 1. The van der Waals surface area contributed by atoms with Gasteiger partial charge in [-0.05, 0) is 29.7 Å². The van der Waals surface area contributed by atoms with E-state index in [0.29, 0.717) is 16.6 Å². The predicted molar refractivity (Wildman–Crippen MR) is 86.0 cm³/mol. The number of rotatable bonds is 2. The second-order valence-electron chi connectivity index (χ2n) is 5.24. The van der Waals surface area contributed by atoms with Crippen LogP contribution in [0.15, 0.2) is 48.5 Å². The molecule has 0 bridgehead atoms. The standard InChI is InChI=1S/C17H15Cl2NO/c18-12-6-7-14(15(19)10-12)16-13(8-9-20-17(16)21)11-4-2-1-3-5-11/h1-7,10,13,16H,8-9H2,(H,20,21)/t13-,16+/m1/s1. The van der Waals surface area contributed by atoms with Crippen LogP contribution in [0.5, 0.6) is 0 Å². The summed E-state index contributed by atoms with van der Waals surface area (Å²) >= 11 is 12.3. The molecule has 108 valence electrons. The van der Waals surface area contributed by atoms with Gasteiger partial charge in [-0.3, -0.25) is 4.79 Å². The van der Waals surface area contributed by atoms with E-state index in [1.165, 1.54) is 5.56 Å². The normalized spacial score (nSPS) is 21.9. The van der Waals surface area contributed by atoms with E-state index < -0.39 is 0 Å². The average Bonchev–Trinajstić information content (AvgIpc) is 2.49. The molecule has 1 N–H and O–H groups in total. The third-order valence-corrected chi connectivity index (χ3v) is 4.53. The molecule has 4 heteroatoms. The summed E-state index contributed by atoms with van der Waals surface area (Å²) in [7, 11) is 0. The monoisotopic (exact) mass is 319 g/mol. The number of carbonyl (C=O) groups is 1. The van der Waals surface area contributed by atoms with Crippen LogP contribution >= 0.6 is 23.2 Å². The van der Waals surface area contributed by atoms with Gasteiger partial charge in [-0.2, -0.15) is 0 Å². The molecule has 0 radical (unpaired) electrons. The molecule has 1 aliphatic heterocycles. The quantitative estimate of drug-likeness (QED) is 0.874. The summed E-state index contributed by atoms with van der Waals surface area (Å²) in [5.41, 5.74) is 2.01. The van der Waals surface area contributed by atoms with E-state index in [0.717, 1.165) is 12.0 Å². The first kappa shape index (κ1) is 14.4. The van der Waals surface area contributed by atoms with Crippen LogP contribution in [0.1, 0.15) is 29.4 Å². The van der Waals surface area contributed by atoms with Gasteiger partial charge < -0.3 is 5.32 Å². The summed E-state index contributed by atoms with van der Waals surface area (Å²) in [6.45, 7) is 0.695. The lowest BCUT2D eigenvalue weighted by Gasteiger charge is -2.32. The first-order chi connectivity index (χ1) is 10.2. The maximum absolute atomic E-state index is 12.4. The number of nitrogens with one attached hydrogen (secondary N) is 1. The number of carbonyl (C=O) groups excluding carboxylic acids is 1. The number of halogens is 2. The van der Waals surface area contributed by atoms with E-state index in [9.17, 15) is 4.79 Å². The van der Waals surface area contributed by atoms with Crippen LogP contribution < -0.4 is 5.32 Å². The van der Waals surface area contributed by atoms with Gasteiger partial charge in [-0.25, -0.2) is 0 Å². The molecule has 2 aromatic rings. The van der Waals surface area contributed by atoms with E-state index in [4.69, 9.17) is 23.2 Å². The van der Waals surface area contributed by atoms with E-state index >= 15 is 0 Å². The summed E-state index contributed by atoms with van der Waals surface area (Å²) in [5.74, 6) is -0.108. The Morgan fingerprint density at radius 1 is 1.05 bits per heavy atom. The Kier molecular flexibility index (Phi) is 4.18. The fourth-order valence-corrected chi connectivity index (χ4v) is 3.51. The van der Waals surface area contributed by atoms with E-state index in [2.05, 4.69) is 17.4 Å². The first-order valence-corrected chi connectivity index (χ1v) is 7.70. The lowest BCUT2D eigenvalue weighted by molar-refractivity contribution is -0.124. The molecule has 2 nitrogen and oxygen atoms in total. The zero-order valence-electron chi connectivity index (χ0n) is 11.4. The fraction of sp³-hybridized carbons (Fsp3) is 0.235. The highest BCUT2D eigenvalue weighted by Crippen LogP contribution is 2.41. The molecule has 21 heavy (non-hydrogen) atoms. The van der Waals surface area contributed by atoms with Crippen molar-refractivity contribution in [3.8, 4) is 0 Å². The van der Waals surface area contributed by atoms with Crippen LogP contribution in [-0.4, -0.2) is 12.5 Å². The van der Waals surface area contributed by atoms with Crippen molar-refractivity contribution in [2.24, 2.45) is 0 Å². The van der Waals surface area contributed by atoms with Crippen LogP contribution in [0.4, 0.5) is 0 Å². The molecule has 0 saturated carbocycles. The summed E-state index contributed by atoms with van der Waals surface area (Å²) in [4.78, 5) is 12.4. The van der Waals surface area contributed by atoms with Gasteiger partial charge in [0.2, 0.25) is 5.91 Å². The van der Waals surface area contributed by atoms with Crippen molar-refractivity contribution in [1.82, 2.24) is 5.32 Å². The Hall–Kier alpha value is -1.51. The predicted octanol–water partition coefficient (Wildman–Crippen LogP) is 4.38. The Morgan fingerprint density at radius 3 is 2.52 bits per heavy atom. The number of amides is 1. The largest absolute Gasteiger partial charge is 0.356 e. The Morgan fingerprint density at radius 2 is 1.81 bits per heavy atom. The van der Waals surface area contributed by atoms with Gasteiger partial charge in [0.05, 0.1) is 5.92 Å². The molecular weight excluding hydrogens is 305 g/mol. The van der Waals surface area contributed by atoms with Gasteiger partial charge in [0.25, 0.3) is 0 Å². The molecule has 1 amide bonds. The summed E-state index contributed by atoms with van der Waals surface area (Å²) < 4.78 is 0. The van der Waals surface area contributed by atoms with Crippen LogP contribution in [0.25, 0.3) is 0 Å². The van der Waals surface area contributed by atoms with Crippen molar-refractivity contribution in [3.63, 3.8) is 0 Å².